The van der Waals surface area contributed by atoms with Gasteiger partial charge in [0.05, 0.1) is 45.5 Å². The van der Waals surface area contributed by atoms with E-state index in [2.05, 4.69) is 0 Å². The van der Waals surface area contributed by atoms with Gasteiger partial charge >= 0.3 is 0 Å². The van der Waals surface area contributed by atoms with E-state index in [1.807, 2.05) is 72.8 Å². The molecule has 0 aliphatic heterocycles. The molecular weight excluding hydrogens is 1900 g/mol. The fraction of sp³-hybridized carbons (Fsp3) is 0. The summed E-state index contributed by atoms with van der Waals surface area (Å²) in [5.41, 5.74) is 5.90. The highest BCUT2D eigenvalue weighted by Gasteiger charge is 2.33. The number of halogens is 16. The zero-order valence-corrected chi connectivity index (χ0v) is 77.4. The summed E-state index contributed by atoms with van der Waals surface area (Å²) < 4.78 is 254. The molecule has 0 aliphatic rings. The molecule has 4 nitrogen and oxygen atoms in total. The van der Waals surface area contributed by atoms with Crippen LogP contribution in [-0.2, 0) is 0 Å². The summed E-state index contributed by atoms with van der Waals surface area (Å²) in [7, 11) is 0. The summed E-state index contributed by atoms with van der Waals surface area (Å²) in [6.45, 7) is 0. The molecule has 0 aliphatic carbocycles. The van der Waals surface area contributed by atoms with E-state index in [1.54, 1.807) is 243 Å². The summed E-state index contributed by atoms with van der Waals surface area (Å²) >= 11 is 0. The molecule has 0 atom stereocenters. The zero-order valence-electron chi connectivity index (χ0n) is 77.4. The monoisotopic (exact) mass is 1970 g/mol. The van der Waals surface area contributed by atoms with Gasteiger partial charge in [0.15, 0.2) is 23.3 Å². The van der Waals surface area contributed by atoms with E-state index in [9.17, 15) is 0 Å². The van der Waals surface area contributed by atoms with E-state index < -0.39 is 93.1 Å². The Morgan fingerprint density at radius 2 is 0.318 bits per heavy atom. The molecule has 0 saturated heterocycles. The number of benzene rings is 24. The SMILES string of the molecule is Fc1ccc(F)c(N(c2cc(-c3ccccc3F)cc(-c3ccccc3F)c2)c2ccc3ccc4c(N(c5cc(-c6ccccc6F)cc(-c6ccccc6F)c5)c5cc(F)ccc5F)ccc5ccc2c3c54)c1.Fc1ccccc1-c1cc(-c2ccccc2F)cc(N(c2cccc(F)c2F)c2ccc3ccc4c(N(c5cc(-c6ccccc6F)cc(-c6ccccc6F)c5)c5cccc(F)c5F)ccc5ccc2c3c54)c1. The maximum atomic E-state index is 16.6. The van der Waals surface area contributed by atoms with Crippen LogP contribution in [0.4, 0.5) is 138 Å². The first-order chi connectivity index (χ1) is 72.0. The van der Waals surface area contributed by atoms with Gasteiger partial charge in [0.2, 0.25) is 0 Å². The summed E-state index contributed by atoms with van der Waals surface area (Å²) in [5, 5.41) is 7.79. The second kappa shape index (κ2) is 38.3. The van der Waals surface area contributed by atoms with E-state index in [4.69, 9.17) is 0 Å². The Kier molecular flexibility index (Phi) is 24.1. The molecule has 0 aromatic heterocycles. The van der Waals surface area contributed by atoms with Crippen molar-refractivity contribution < 1.29 is 70.2 Å². The van der Waals surface area contributed by atoms with Gasteiger partial charge in [0, 0.05) is 101 Å². The van der Waals surface area contributed by atoms with Gasteiger partial charge in [-0.05, 0) is 282 Å². The van der Waals surface area contributed by atoms with Crippen molar-refractivity contribution in [1.82, 2.24) is 0 Å². The van der Waals surface area contributed by atoms with Crippen molar-refractivity contribution in [2.45, 2.75) is 0 Å². The van der Waals surface area contributed by atoms with E-state index in [-0.39, 0.29) is 90.0 Å². The Balaban J connectivity index is 0.000000163. The average Bonchev–Trinajstić information content (AvgIpc) is 0.717. The molecule has 0 fully saturated rings. The van der Waals surface area contributed by atoms with Gasteiger partial charge in [-0.3, -0.25) is 0 Å². The first-order valence-electron chi connectivity index (χ1n) is 47.0. The standard InChI is InChI=1S/2C64H36F8N2/c65-51-15-5-1-11-45(51)39-31-40(46-12-2-6-16-52(46)66)34-43(33-39)73(59-21-9-19-55(69)63(59)71)57-29-25-37-24-28-50-58(30-26-38-23-27-49(57)61(37)62(38)50)74(60-22-10-20-56(70)64(60)72)44-35-41(47-13-3-7-17-53(47)67)32-42(36-44)48-14-4-8-18-54(48)68;65-43-21-25-57(71)61(35-43)73(45-31-39(47-9-1-5-13-53(47)67)29-40(32-45)48-10-2-6-14-54(48)68)59-27-19-37-18-24-52-60(28-20-38-17-23-51(59)63(37)64(38)52)74(62-36-44(66)22-26-58(62)72)46-33-41(49-11-3-7-15-55(49)69)30-42(34-46)50-12-4-8-16-56(50)70/h2*1-36H. The third kappa shape index (κ3) is 16.9. The lowest BCUT2D eigenvalue weighted by Crippen LogP contribution is -2.14. The number of anilines is 12. The van der Waals surface area contributed by atoms with Crippen molar-refractivity contribution in [2.24, 2.45) is 0 Å². The van der Waals surface area contributed by atoms with Crippen molar-refractivity contribution in [1.29, 1.82) is 0 Å². The van der Waals surface area contributed by atoms with Gasteiger partial charge in [-0.15, -0.1) is 0 Å². The molecule has 0 unspecified atom stereocenters. The van der Waals surface area contributed by atoms with Crippen LogP contribution in [0.25, 0.3) is 154 Å². The van der Waals surface area contributed by atoms with Gasteiger partial charge in [-0.1, -0.05) is 231 Å². The fourth-order valence-electron chi connectivity index (χ4n) is 20.4. The molecule has 0 amide bonds. The van der Waals surface area contributed by atoms with Crippen LogP contribution in [0.2, 0.25) is 0 Å². The summed E-state index contributed by atoms with van der Waals surface area (Å²) in [5.74, 6) is -12.1. The quantitative estimate of drug-likeness (QED) is 0.0557. The van der Waals surface area contributed by atoms with Gasteiger partial charge in [-0.2, -0.15) is 0 Å². The van der Waals surface area contributed by atoms with Crippen LogP contribution in [0, 0.1) is 93.1 Å². The third-order valence-electron chi connectivity index (χ3n) is 27.0. The zero-order chi connectivity index (χ0) is 102. The normalized spacial score (nSPS) is 11.5. The largest absolute Gasteiger partial charge is 0.307 e. The summed E-state index contributed by atoms with van der Waals surface area (Å²) in [4.78, 5) is 6.08. The first-order valence-corrected chi connectivity index (χ1v) is 47.0. The van der Waals surface area contributed by atoms with E-state index in [0.717, 1.165) is 70.1 Å². The van der Waals surface area contributed by atoms with Gasteiger partial charge < -0.3 is 19.6 Å². The Morgan fingerprint density at radius 1 is 0.128 bits per heavy atom. The fourth-order valence-corrected chi connectivity index (χ4v) is 20.4. The van der Waals surface area contributed by atoms with Gasteiger partial charge in [0.1, 0.15) is 69.8 Å². The minimum Gasteiger partial charge on any atom is -0.307 e. The third-order valence-corrected chi connectivity index (χ3v) is 27.0. The van der Waals surface area contributed by atoms with Gasteiger partial charge in [-0.25, -0.2) is 70.2 Å². The molecule has 24 rings (SSSR count). The van der Waals surface area contributed by atoms with E-state index in [1.165, 1.54) is 92.4 Å². The van der Waals surface area contributed by atoms with Crippen LogP contribution in [0.3, 0.4) is 0 Å². The summed E-state index contributed by atoms with van der Waals surface area (Å²) in [6.07, 6.45) is 0. The van der Waals surface area contributed by atoms with Crippen molar-refractivity contribution in [3.05, 3.63) is 530 Å². The molecule has 0 N–H and O–H groups in total. The molecule has 24 aromatic carbocycles. The molecule has 0 bridgehead atoms. The predicted molar refractivity (Wildman–Crippen MR) is 562 cm³/mol. The van der Waals surface area contributed by atoms with Crippen molar-refractivity contribution in [3.8, 4) is 89.0 Å². The molecule has 148 heavy (non-hydrogen) atoms. The van der Waals surface area contributed by atoms with E-state index in [0.29, 0.717) is 110 Å². The lowest BCUT2D eigenvalue weighted by Gasteiger charge is -2.30. The maximum absolute atomic E-state index is 16.6. The summed E-state index contributed by atoms with van der Waals surface area (Å²) in [6, 6.07) is 111. The van der Waals surface area contributed by atoms with Crippen LogP contribution in [0.15, 0.2) is 437 Å². The average molecular weight is 1970 g/mol. The second-order valence-corrected chi connectivity index (χ2v) is 35.8. The van der Waals surface area contributed by atoms with Crippen molar-refractivity contribution in [3.63, 3.8) is 0 Å². The van der Waals surface area contributed by atoms with E-state index >= 15 is 70.2 Å². The van der Waals surface area contributed by atoms with Crippen molar-refractivity contribution >= 4 is 133 Å². The molecular formula is C128H72F16N4. The topological polar surface area (TPSA) is 13.0 Å². The number of nitrogens with zero attached hydrogens (tertiary/aromatic N) is 4. The number of hydrogen-bond acceptors (Lipinski definition) is 4. The Bertz CT molecular complexity index is 8190. The lowest BCUT2D eigenvalue weighted by molar-refractivity contribution is 0.510. The maximum Gasteiger partial charge on any atom is 0.182 e. The van der Waals surface area contributed by atoms with Gasteiger partial charge in [0.25, 0.3) is 0 Å². The predicted octanol–water partition coefficient (Wildman–Crippen LogP) is 38.6. The first kappa shape index (κ1) is 93.1. The van der Waals surface area contributed by atoms with Crippen molar-refractivity contribution in [2.75, 3.05) is 19.6 Å². The highest BCUT2D eigenvalue weighted by Crippen LogP contribution is 2.55. The van der Waals surface area contributed by atoms with Crippen LogP contribution in [-0.4, -0.2) is 0 Å². The molecule has 0 radical (unpaired) electrons. The molecule has 24 aromatic rings. The minimum absolute atomic E-state index is 0.189. The molecule has 716 valence electrons. The highest BCUT2D eigenvalue weighted by molar-refractivity contribution is 6.30. The van der Waals surface area contributed by atoms with Crippen LogP contribution in [0.1, 0.15) is 0 Å². The Hall–Kier alpha value is -18.6. The number of hydrogen-bond donors (Lipinski definition) is 0. The van der Waals surface area contributed by atoms with Crippen LogP contribution < -0.4 is 19.6 Å². The minimum atomic E-state index is -1.18. The molecule has 20 heteroatoms. The number of rotatable bonds is 20. The van der Waals surface area contributed by atoms with Crippen LogP contribution in [0.5, 0.6) is 0 Å². The second-order valence-electron chi connectivity index (χ2n) is 35.8. The van der Waals surface area contributed by atoms with Crippen LogP contribution >= 0.6 is 0 Å². The Morgan fingerprint density at radius 3 is 0.527 bits per heavy atom. The lowest BCUT2D eigenvalue weighted by atomic mass is 9.91. The highest BCUT2D eigenvalue weighted by atomic mass is 19.2. The Labute approximate surface area is 836 Å². The molecule has 0 heterocycles. The molecule has 0 spiro atoms. The smallest absolute Gasteiger partial charge is 0.182 e. The molecule has 0 saturated carbocycles.